The molecule has 3 unspecified atom stereocenters. The van der Waals surface area contributed by atoms with Gasteiger partial charge in [0.15, 0.2) is 0 Å². The minimum Gasteiger partial charge on any atom is -0.338 e. The van der Waals surface area contributed by atoms with E-state index in [-0.39, 0.29) is 23.9 Å². The molecule has 0 radical (unpaired) electrons. The van der Waals surface area contributed by atoms with Gasteiger partial charge in [0.25, 0.3) is 0 Å². The zero-order valence-corrected chi connectivity index (χ0v) is 12.9. The number of likely N-dealkylation sites (tertiary alicyclic amines) is 1. The summed E-state index contributed by atoms with van der Waals surface area (Å²) in [7, 11) is -3.22. The molecule has 20 heavy (non-hydrogen) atoms. The Balaban J connectivity index is 2.00. The monoisotopic (exact) mass is 303 g/mol. The van der Waals surface area contributed by atoms with Crippen LogP contribution in [0.15, 0.2) is 0 Å². The molecule has 1 aliphatic carbocycles. The molecule has 116 valence electrons. The van der Waals surface area contributed by atoms with Gasteiger partial charge in [-0.3, -0.25) is 4.79 Å². The van der Waals surface area contributed by atoms with E-state index in [1.165, 1.54) is 0 Å². The maximum absolute atomic E-state index is 12.6. The van der Waals surface area contributed by atoms with Crippen molar-refractivity contribution in [1.29, 1.82) is 0 Å². The first-order chi connectivity index (χ1) is 9.38. The van der Waals surface area contributed by atoms with Crippen molar-refractivity contribution in [3.8, 4) is 0 Å². The van der Waals surface area contributed by atoms with Crippen LogP contribution in [-0.2, 0) is 14.8 Å². The van der Waals surface area contributed by atoms with Crippen molar-refractivity contribution in [2.24, 2.45) is 11.7 Å². The number of amides is 1. The van der Waals surface area contributed by atoms with Gasteiger partial charge in [0, 0.05) is 25.2 Å². The predicted molar refractivity (Wildman–Crippen MR) is 77.5 cm³/mol. The highest BCUT2D eigenvalue weighted by atomic mass is 32.2. The van der Waals surface area contributed by atoms with E-state index in [0.717, 1.165) is 51.3 Å². The number of carbonyl (C=O) groups is 1. The summed E-state index contributed by atoms with van der Waals surface area (Å²) in [6.07, 6.45) is 6.82. The molecule has 1 aliphatic heterocycles. The molecule has 0 bridgehead atoms. The zero-order chi connectivity index (χ0) is 14.8. The van der Waals surface area contributed by atoms with Gasteiger partial charge in [-0.2, -0.15) is 0 Å². The Morgan fingerprint density at radius 1 is 1.25 bits per heavy atom. The smallest absolute Gasteiger partial charge is 0.227 e. The number of piperidine rings is 1. The van der Waals surface area contributed by atoms with E-state index in [2.05, 4.69) is 4.72 Å². The fourth-order valence-electron chi connectivity index (χ4n) is 3.26. The number of nitrogens with zero attached hydrogens (tertiary/aromatic N) is 1. The largest absolute Gasteiger partial charge is 0.338 e. The predicted octanol–water partition coefficient (Wildman–Crippen LogP) is 0.0441. The number of hydrogen-bond donors (Lipinski definition) is 2. The third kappa shape index (κ3) is 3.93. The van der Waals surface area contributed by atoms with E-state index in [4.69, 9.17) is 5.73 Å². The molecule has 1 saturated heterocycles. The van der Waals surface area contributed by atoms with Crippen LogP contribution in [0.2, 0.25) is 0 Å². The van der Waals surface area contributed by atoms with Crippen LogP contribution < -0.4 is 10.5 Å². The second-order valence-electron chi connectivity index (χ2n) is 6.00. The van der Waals surface area contributed by atoms with E-state index in [1.54, 1.807) is 0 Å². The van der Waals surface area contributed by atoms with Crippen molar-refractivity contribution in [3.63, 3.8) is 0 Å². The Bertz CT molecular complexity index is 452. The summed E-state index contributed by atoms with van der Waals surface area (Å²) in [5.74, 6) is 0.0452. The average molecular weight is 303 g/mol. The Morgan fingerprint density at radius 3 is 2.60 bits per heavy atom. The zero-order valence-electron chi connectivity index (χ0n) is 12.0. The Hall–Kier alpha value is -0.660. The normalized spacial score (nSPS) is 31.5. The van der Waals surface area contributed by atoms with Gasteiger partial charge in [-0.1, -0.05) is 6.42 Å². The van der Waals surface area contributed by atoms with Crippen LogP contribution in [0.3, 0.4) is 0 Å². The summed E-state index contributed by atoms with van der Waals surface area (Å²) in [5.41, 5.74) is 6.02. The molecule has 2 rings (SSSR count). The summed E-state index contributed by atoms with van der Waals surface area (Å²) in [6, 6.07) is -0.0632. The van der Waals surface area contributed by atoms with Crippen molar-refractivity contribution in [1.82, 2.24) is 9.62 Å². The molecule has 0 aromatic carbocycles. The van der Waals surface area contributed by atoms with E-state index in [0.29, 0.717) is 6.54 Å². The molecule has 3 atom stereocenters. The van der Waals surface area contributed by atoms with Gasteiger partial charge in [0.1, 0.15) is 0 Å². The molecule has 1 heterocycles. The third-order valence-electron chi connectivity index (χ3n) is 4.38. The van der Waals surface area contributed by atoms with Crippen LogP contribution in [0.4, 0.5) is 0 Å². The van der Waals surface area contributed by atoms with Crippen LogP contribution in [0.5, 0.6) is 0 Å². The highest BCUT2D eigenvalue weighted by molar-refractivity contribution is 7.88. The topological polar surface area (TPSA) is 92.5 Å². The van der Waals surface area contributed by atoms with Gasteiger partial charge in [-0.15, -0.1) is 0 Å². The van der Waals surface area contributed by atoms with Gasteiger partial charge in [-0.25, -0.2) is 13.1 Å². The van der Waals surface area contributed by atoms with Gasteiger partial charge < -0.3 is 10.6 Å². The van der Waals surface area contributed by atoms with Gasteiger partial charge in [0.05, 0.1) is 12.2 Å². The molecule has 1 saturated carbocycles. The molecule has 0 aromatic heterocycles. The number of nitrogens with one attached hydrogen (secondary N) is 1. The Labute approximate surface area is 121 Å². The van der Waals surface area contributed by atoms with E-state index in [1.807, 2.05) is 4.90 Å². The van der Waals surface area contributed by atoms with Gasteiger partial charge in [-0.05, 0) is 32.1 Å². The van der Waals surface area contributed by atoms with E-state index >= 15 is 0 Å². The molecule has 2 fully saturated rings. The van der Waals surface area contributed by atoms with Crippen molar-refractivity contribution >= 4 is 15.9 Å². The molecular formula is C13H25N3O3S. The summed E-state index contributed by atoms with van der Waals surface area (Å²) in [4.78, 5) is 14.5. The van der Waals surface area contributed by atoms with Crippen LogP contribution in [0.1, 0.15) is 38.5 Å². The quantitative estimate of drug-likeness (QED) is 0.767. The summed E-state index contributed by atoms with van der Waals surface area (Å²) >= 11 is 0. The fourth-order valence-corrected chi connectivity index (χ4v) is 3.75. The average Bonchev–Trinajstić information content (AvgIpc) is 2.81. The lowest BCUT2D eigenvalue weighted by atomic mass is 9.96. The molecule has 7 heteroatoms. The maximum Gasteiger partial charge on any atom is 0.227 e. The summed E-state index contributed by atoms with van der Waals surface area (Å²) in [5, 5.41) is 0. The van der Waals surface area contributed by atoms with E-state index < -0.39 is 10.0 Å². The lowest BCUT2D eigenvalue weighted by molar-refractivity contribution is -0.139. The SMILES string of the molecule is CS(=O)(=O)NCC1CCCCN1C(=O)C1CCCC1N. The van der Waals surface area contributed by atoms with Crippen LogP contribution >= 0.6 is 0 Å². The number of sulfonamides is 1. The maximum atomic E-state index is 12.6. The number of rotatable bonds is 4. The second-order valence-corrected chi connectivity index (χ2v) is 7.84. The highest BCUT2D eigenvalue weighted by Gasteiger charge is 2.36. The number of hydrogen-bond acceptors (Lipinski definition) is 4. The third-order valence-corrected chi connectivity index (χ3v) is 5.07. The van der Waals surface area contributed by atoms with Crippen LogP contribution in [-0.4, -0.2) is 50.7 Å². The second kappa shape index (κ2) is 6.41. The highest BCUT2D eigenvalue weighted by Crippen LogP contribution is 2.28. The van der Waals surface area contributed by atoms with Crippen molar-refractivity contribution < 1.29 is 13.2 Å². The molecular weight excluding hydrogens is 278 g/mol. The van der Waals surface area contributed by atoms with Crippen molar-refractivity contribution in [3.05, 3.63) is 0 Å². The number of carbonyl (C=O) groups excluding carboxylic acids is 1. The van der Waals surface area contributed by atoms with Crippen molar-refractivity contribution in [2.75, 3.05) is 19.3 Å². The first-order valence-electron chi connectivity index (χ1n) is 7.39. The van der Waals surface area contributed by atoms with E-state index in [9.17, 15) is 13.2 Å². The summed E-state index contributed by atoms with van der Waals surface area (Å²) in [6.45, 7) is 1.03. The van der Waals surface area contributed by atoms with Crippen LogP contribution in [0.25, 0.3) is 0 Å². The Morgan fingerprint density at radius 2 is 2.00 bits per heavy atom. The van der Waals surface area contributed by atoms with Crippen LogP contribution in [0, 0.1) is 5.92 Å². The lowest BCUT2D eigenvalue weighted by Crippen LogP contribution is -2.52. The Kier molecular flexibility index (Phi) is 5.04. The van der Waals surface area contributed by atoms with Gasteiger partial charge >= 0.3 is 0 Å². The molecule has 6 nitrogen and oxygen atoms in total. The molecule has 3 N–H and O–H groups in total. The lowest BCUT2D eigenvalue weighted by Gasteiger charge is -2.38. The molecule has 0 spiro atoms. The van der Waals surface area contributed by atoms with Gasteiger partial charge in [0.2, 0.25) is 15.9 Å². The molecule has 1 amide bonds. The standard InChI is InChI=1S/C13H25N3O3S/c1-20(18,19)15-9-10-5-2-3-8-16(10)13(17)11-6-4-7-12(11)14/h10-12,15H,2-9,14H2,1H3. The molecule has 2 aliphatic rings. The molecule has 0 aromatic rings. The number of nitrogens with two attached hydrogens (primary N) is 1. The van der Waals surface area contributed by atoms with Crippen molar-refractivity contribution in [2.45, 2.75) is 50.6 Å². The fraction of sp³-hybridized carbons (Fsp3) is 0.923. The summed E-state index contributed by atoms with van der Waals surface area (Å²) < 4.78 is 25.0. The minimum absolute atomic E-state index is 0.0289. The first-order valence-corrected chi connectivity index (χ1v) is 9.28. The first kappa shape index (κ1) is 15.7. The minimum atomic E-state index is -3.22.